The maximum absolute atomic E-state index is 12.9. The summed E-state index contributed by atoms with van der Waals surface area (Å²) in [4.78, 5) is 3.44. The highest BCUT2D eigenvalue weighted by atomic mass is 32.2. The van der Waals surface area contributed by atoms with Gasteiger partial charge in [0.25, 0.3) is 10.0 Å². The Kier molecular flexibility index (Phi) is 5.76. The largest absolute Gasteiger partial charge is 0.299 e. The van der Waals surface area contributed by atoms with E-state index in [1.807, 2.05) is 24.3 Å². The van der Waals surface area contributed by atoms with Gasteiger partial charge in [-0.25, -0.2) is 13.8 Å². The number of thiophene rings is 1. The smallest absolute Gasteiger partial charge is 0.271 e. The zero-order valence-corrected chi connectivity index (χ0v) is 17.9. The van der Waals surface area contributed by atoms with E-state index in [1.54, 1.807) is 6.07 Å². The molecular weight excluding hydrogens is 392 g/mol. The van der Waals surface area contributed by atoms with Gasteiger partial charge in [0.1, 0.15) is 4.21 Å². The van der Waals surface area contributed by atoms with E-state index in [4.69, 9.17) is 0 Å². The van der Waals surface area contributed by atoms with Crippen LogP contribution in [0, 0.1) is 5.92 Å². The number of hydrogen-bond donors (Lipinski definition) is 3. The summed E-state index contributed by atoms with van der Waals surface area (Å²) >= 11 is 1.33. The van der Waals surface area contributed by atoms with Crippen molar-refractivity contribution in [1.82, 2.24) is 15.8 Å². The van der Waals surface area contributed by atoms with E-state index in [-0.39, 0.29) is 6.04 Å². The number of nitrogens with one attached hydrogen (secondary N) is 3. The molecule has 6 nitrogen and oxygen atoms in total. The fourth-order valence-electron chi connectivity index (χ4n) is 3.89. The van der Waals surface area contributed by atoms with Crippen LogP contribution in [-0.4, -0.2) is 32.4 Å². The number of nitrogens with zero attached hydrogens (tertiary/aromatic N) is 1. The SMILES string of the molecule is CC1NNC(c2ccc(S(=O)(=O)Nc3cccc(CN4CCCC4)c3)s2)C1C. The molecule has 3 heterocycles. The summed E-state index contributed by atoms with van der Waals surface area (Å²) in [6.45, 7) is 7.40. The second-order valence-electron chi connectivity index (χ2n) is 7.86. The number of hydrazine groups is 1. The Balaban J connectivity index is 1.47. The summed E-state index contributed by atoms with van der Waals surface area (Å²) in [5, 5.41) is 0. The first-order valence-corrected chi connectivity index (χ1v) is 12.2. The minimum absolute atomic E-state index is 0.132. The molecule has 0 spiro atoms. The third kappa shape index (κ3) is 4.26. The van der Waals surface area contributed by atoms with Crippen LogP contribution < -0.4 is 15.6 Å². The zero-order valence-electron chi connectivity index (χ0n) is 16.3. The number of hydrogen-bond acceptors (Lipinski definition) is 6. The molecule has 0 saturated carbocycles. The van der Waals surface area contributed by atoms with E-state index in [0.717, 1.165) is 30.1 Å². The van der Waals surface area contributed by atoms with Gasteiger partial charge in [-0.3, -0.25) is 15.0 Å². The molecule has 8 heteroatoms. The lowest BCUT2D eigenvalue weighted by atomic mass is 9.97. The van der Waals surface area contributed by atoms with E-state index in [9.17, 15) is 8.42 Å². The highest BCUT2D eigenvalue weighted by Crippen LogP contribution is 2.34. The summed E-state index contributed by atoms with van der Waals surface area (Å²) in [5.74, 6) is 0.393. The monoisotopic (exact) mass is 420 g/mol. The average Bonchev–Trinajstić information content (AvgIpc) is 3.38. The van der Waals surface area contributed by atoms with Crippen molar-refractivity contribution < 1.29 is 8.42 Å². The Morgan fingerprint density at radius 1 is 1.14 bits per heavy atom. The summed E-state index contributed by atoms with van der Waals surface area (Å²) in [6, 6.07) is 11.8. The van der Waals surface area contributed by atoms with Crippen LogP contribution in [0.25, 0.3) is 0 Å². The van der Waals surface area contributed by atoms with E-state index < -0.39 is 10.0 Å². The first kappa shape index (κ1) is 19.8. The standard InChI is InChI=1S/C20H28N4O2S2/c1-14-15(2)21-22-20(14)18-8-9-19(27-18)28(25,26)23-17-7-5-6-16(12-17)13-24-10-3-4-11-24/h5-9,12,14-15,20-23H,3-4,10-11,13H2,1-2H3. The second kappa shape index (κ2) is 8.12. The van der Waals surface area contributed by atoms with Crippen LogP contribution >= 0.6 is 11.3 Å². The quantitative estimate of drug-likeness (QED) is 0.669. The number of anilines is 1. The normalized spacial score (nSPS) is 26.0. The lowest BCUT2D eigenvalue weighted by Crippen LogP contribution is -2.28. The maximum atomic E-state index is 12.9. The van der Waals surface area contributed by atoms with Crippen molar-refractivity contribution in [1.29, 1.82) is 0 Å². The molecule has 1 aromatic heterocycles. The van der Waals surface area contributed by atoms with E-state index in [2.05, 4.69) is 40.4 Å². The molecule has 3 atom stereocenters. The number of benzene rings is 1. The number of likely N-dealkylation sites (tertiary alicyclic amines) is 1. The summed E-state index contributed by atoms with van der Waals surface area (Å²) in [5.41, 5.74) is 8.25. The maximum Gasteiger partial charge on any atom is 0.271 e. The molecule has 0 radical (unpaired) electrons. The molecule has 0 bridgehead atoms. The van der Waals surface area contributed by atoms with Crippen LogP contribution in [0.1, 0.15) is 43.2 Å². The number of rotatable bonds is 6. The van der Waals surface area contributed by atoms with Crippen molar-refractivity contribution in [3.63, 3.8) is 0 Å². The predicted molar refractivity (Wildman–Crippen MR) is 114 cm³/mol. The van der Waals surface area contributed by atoms with E-state index in [0.29, 0.717) is 21.9 Å². The van der Waals surface area contributed by atoms with Gasteiger partial charge in [-0.15, -0.1) is 11.3 Å². The molecule has 2 aromatic rings. The fraction of sp³-hybridized carbons (Fsp3) is 0.500. The van der Waals surface area contributed by atoms with Gasteiger partial charge in [-0.05, 0) is 68.6 Å². The third-order valence-electron chi connectivity index (χ3n) is 5.74. The van der Waals surface area contributed by atoms with Gasteiger partial charge in [0.2, 0.25) is 0 Å². The van der Waals surface area contributed by atoms with Gasteiger partial charge < -0.3 is 0 Å². The molecular formula is C20H28N4O2S2. The summed E-state index contributed by atoms with van der Waals surface area (Å²) in [6.07, 6.45) is 2.49. The van der Waals surface area contributed by atoms with Crippen LogP contribution in [-0.2, 0) is 16.6 Å². The Hall–Kier alpha value is -1.45. The second-order valence-corrected chi connectivity index (χ2v) is 10.9. The van der Waals surface area contributed by atoms with Crippen molar-refractivity contribution in [3.8, 4) is 0 Å². The molecule has 152 valence electrons. The molecule has 2 aliphatic rings. The summed E-state index contributed by atoms with van der Waals surface area (Å²) in [7, 11) is -3.59. The first-order chi connectivity index (χ1) is 13.4. The van der Waals surface area contributed by atoms with Crippen molar-refractivity contribution in [2.75, 3.05) is 17.8 Å². The van der Waals surface area contributed by atoms with Gasteiger partial charge in [0, 0.05) is 23.2 Å². The Morgan fingerprint density at radius 2 is 1.93 bits per heavy atom. The van der Waals surface area contributed by atoms with E-state index >= 15 is 0 Å². The van der Waals surface area contributed by atoms with Crippen LogP contribution in [0.15, 0.2) is 40.6 Å². The minimum atomic E-state index is -3.59. The molecule has 28 heavy (non-hydrogen) atoms. The van der Waals surface area contributed by atoms with Crippen LogP contribution in [0.5, 0.6) is 0 Å². The lowest BCUT2D eigenvalue weighted by molar-refractivity contribution is 0.331. The molecule has 0 amide bonds. The summed E-state index contributed by atoms with van der Waals surface area (Å²) < 4.78 is 28.9. The zero-order chi connectivity index (χ0) is 19.7. The Bertz CT molecular complexity index is 922. The van der Waals surface area contributed by atoms with Crippen molar-refractivity contribution in [3.05, 3.63) is 46.8 Å². The average molecular weight is 421 g/mol. The predicted octanol–water partition coefficient (Wildman–Crippen LogP) is 3.32. The van der Waals surface area contributed by atoms with Gasteiger partial charge in [0.05, 0.1) is 6.04 Å². The Morgan fingerprint density at radius 3 is 2.64 bits per heavy atom. The van der Waals surface area contributed by atoms with E-state index in [1.165, 1.54) is 24.2 Å². The molecule has 1 aromatic carbocycles. The van der Waals surface area contributed by atoms with Crippen molar-refractivity contribution >= 4 is 27.0 Å². The van der Waals surface area contributed by atoms with Gasteiger partial charge in [-0.1, -0.05) is 19.1 Å². The van der Waals surface area contributed by atoms with Crippen LogP contribution in [0.2, 0.25) is 0 Å². The molecule has 2 aliphatic heterocycles. The van der Waals surface area contributed by atoms with Gasteiger partial charge in [0.15, 0.2) is 0 Å². The highest BCUT2D eigenvalue weighted by molar-refractivity contribution is 7.94. The minimum Gasteiger partial charge on any atom is -0.299 e. The molecule has 2 saturated heterocycles. The molecule has 4 rings (SSSR count). The molecule has 0 aliphatic carbocycles. The molecule has 3 unspecified atom stereocenters. The molecule has 2 fully saturated rings. The third-order valence-corrected chi connectivity index (χ3v) is 8.78. The number of sulfonamides is 1. The van der Waals surface area contributed by atoms with Gasteiger partial charge in [-0.2, -0.15) is 0 Å². The van der Waals surface area contributed by atoms with Crippen molar-refractivity contribution in [2.45, 2.75) is 49.5 Å². The van der Waals surface area contributed by atoms with Gasteiger partial charge >= 0.3 is 0 Å². The molecule has 3 N–H and O–H groups in total. The fourth-order valence-corrected chi connectivity index (χ4v) is 6.43. The van der Waals surface area contributed by atoms with Crippen molar-refractivity contribution in [2.24, 2.45) is 5.92 Å². The first-order valence-electron chi connectivity index (χ1n) is 9.87. The topological polar surface area (TPSA) is 73.5 Å². The van der Waals surface area contributed by atoms with Crippen LogP contribution in [0.4, 0.5) is 5.69 Å². The Labute approximate surface area is 171 Å². The van der Waals surface area contributed by atoms with Crippen LogP contribution in [0.3, 0.4) is 0 Å². The highest BCUT2D eigenvalue weighted by Gasteiger charge is 2.32. The lowest BCUT2D eigenvalue weighted by Gasteiger charge is -2.15.